The molecule has 4 heteroatoms. The van der Waals surface area contributed by atoms with Crippen LogP contribution in [0.2, 0.25) is 0 Å². The van der Waals surface area contributed by atoms with E-state index < -0.39 is 0 Å². The number of benzene rings is 2. The van der Waals surface area contributed by atoms with Crippen molar-refractivity contribution in [1.82, 2.24) is 0 Å². The van der Waals surface area contributed by atoms with Crippen LogP contribution in [0.1, 0.15) is 38.3 Å². The Kier molecular flexibility index (Phi) is 4.44. The van der Waals surface area contributed by atoms with E-state index in [4.69, 9.17) is 0 Å². The fraction of sp³-hybridized carbons (Fsp3) is 0.158. The third kappa shape index (κ3) is 3.27. The van der Waals surface area contributed by atoms with Gasteiger partial charge in [0.15, 0.2) is 5.78 Å². The molecule has 0 spiro atoms. The molecule has 116 valence electrons. The zero-order valence-corrected chi connectivity index (χ0v) is 14.2. The van der Waals surface area contributed by atoms with Crippen LogP contribution in [0.15, 0.2) is 52.5 Å². The molecular formula is C19H15BrO3. The van der Waals surface area contributed by atoms with Gasteiger partial charge in [0.25, 0.3) is 0 Å². The predicted molar refractivity (Wildman–Crippen MR) is 92.6 cm³/mol. The molecular weight excluding hydrogens is 356 g/mol. The maximum atomic E-state index is 12.6. The summed E-state index contributed by atoms with van der Waals surface area (Å²) in [5.41, 5.74) is 4.05. The Morgan fingerprint density at radius 1 is 1.13 bits per heavy atom. The van der Waals surface area contributed by atoms with Gasteiger partial charge in [0.05, 0.1) is 12.7 Å². The van der Waals surface area contributed by atoms with Gasteiger partial charge in [-0.05, 0) is 54.3 Å². The van der Waals surface area contributed by atoms with Crippen molar-refractivity contribution in [2.24, 2.45) is 0 Å². The van der Waals surface area contributed by atoms with Crippen LogP contribution in [0.25, 0.3) is 6.08 Å². The summed E-state index contributed by atoms with van der Waals surface area (Å²) in [7, 11) is 1.36. The summed E-state index contributed by atoms with van der Waals surface area (Å²) in [5, 5.41) is 0. The number of methoxy groups -OCH3 is 1. The number of aryl methyl sites for hydroxylation is 1. The third-order valence-corrected chi connectivity index (χ3v) is 4.44. The first-order chi connectivity index (χ1) is 11.1. The SMILES string of the molecule is COC(=O)c1ccc(/C=C2\CCc3ccc(Br)cc3C2=O)cc1. The van der Waals surface area contributed by atoms with Crippen LogP contribution in [-0.4, -0.2) is 18.9 Å². The topological polar surface area (TPSA) is 43.4 Å². The average molecular weight is 371 g/mol. The number of hydrogen-bond acceptors (Lipinski definition) is 3. The molecule has 0 N–H and O–H groups in total. The Bertz CT molecular complexity index is 804. The van der Waals surface area contributed by atoms with Crippen molar-refractivity contribution < 1.29 is 14.3 Å². The van der Waals surface area contributed by atoms with Gasteiger partial charge in [-0.25, -0.2) is 4.79 Å². The van der Waals surface area contributed by atoms with Crippen LogP contribution in [-0.2, 0) is 11.2 Å². The van der Waals surface area contributed by atoms with E-state index in [2.05, 4.69) is 20.7 Å². The van der Waals surface area contributed by atoms with Crippen LogP contribution in [0.4, 0.5) is 0 Å². The van der Waals surface area contributed by atoms with E-state index >= 15 is 0 Å². The van der Waals surface area contributed by atoms with Crippen LogP contribution < -0.4 is 0 Å². The number of Topliss-reactive ketones (excluding diaryl/α,β-unsaturated/α-hetero) is 1. The third-order valence-electron chi connectivity index (χ3n) is 3.94. The lowest BCUT2D eigenvalue weighted by Crippen LogP contribution is -2.14. The summed E-state index contributed by atoms with van der Waals surface area (Å²) in [6.07, 6.45) is 3.49. The zero-order chi connectivity index (χ0) is 16.4. The van der Waals surface area contributed by atoms with E-state index in [1.165, 1.54) is 7.11 Å². The van der Waals surface area contributed by atoms with Crippen LogP contribution in [0, 0.1) is 0 Å². The van der Waals surface area contributed by atoms with Crippen molar-refractivity contribution in [1.29, 1.82) is 0 Å². The second-order valence-corrected chi connectivity index (χ2v) is 6.33. The van der Waals surface area contributed by atoms with E-state index in [0.717, 1.165) is 39.6 Å². The van der Waals surface area contributed by atoms with Crippen LogP contribution in [0.3, 0.4) is 0 Å². The molecule has 0 aliphatic heterocycles. The molecule has 0 fully saturated rings. The molecule has 0 heterocycles. The number of esters is 1. The number of carbonyl (C=O) groups excluding carboxylic acids is 2. The van der Waals surface area contributed by atoms with Crippen molar-refractivity contribution >= 4 is 33.8 Å². The number of allylic oxidation sites excluding steroid dienone is 1. The Morgan fingerprint density at radius 2 is 1.87 bits per heavy atom. The number of halogens is 1. The number of hydrogen-bond donors (Lipinski definition) is 0. The van der Waals surface area contributed by atoms with Crippen molar-refractivity contribution in [2.45, 2.75) is 12.8 Å². The molecule has 1 aliphatic carbocycles. The van der Waals surface area contributed by atoms with Crippen molar-refractivity contribution in [3.63, 3.8) is 0 Å². The maximum Gasteiger partial charge on any atom is 0.337 e. The van der Waals surface area contributed by atoms with Gasteiger partial charge in [0.1, 0.15) is 0 Å². The number of fused-ring (bicyclic) bond motifs is 1. The Labute approximate surface area is 143 Å². The van der Waals surface area contributed by atoms with E-state index in [1.807, 2.05) is 36.4 Å². The van der Waals surface area contributed by atoms with E-state index in [9.17, 15) is 9.59 Å². The Balaban J connectivity index is 1.89. The summed E-state index contributed by atoms with van der Waals surface area (Å²) in [6, 6.07) is 12.9. The quantitative estimate of drug-likeness (QED) is 0.579. The molecule has 0 saturated heterocycles. The van der Waals surface area contributed by atoms with Gasteiger partial charge in [-0.1, -0.05) is 34.1 Å². The lowest BCUT2D eigenvalue weighted by molar-refractivity contribution is 0.0600. The lowest BCUT2D eigenvalue weighted by atomic mass is 9.86. The highest BCUT2D eigenvalue weighted by Crippen LogP contribution is 2.28. The first-order valence-electron chi connectivity index (χ1n) is 7.30. The Morgan fingerprint density at radius 3 is 2.57 bits per heavy atom. The molecule has 0 bridgehead atoms. The standard InChI is InChI=1S/C19H15BrO3/c1-23-19(22)14-4-2-12(3-5-14)10-15-7-6-13-8-9-16(20)11-17(13)18(15)21/h2-5,8-11H,6-7H2,1H3/b15-10+. The first kappa shape index (κ1) is 15.7. The van der Waals surface area contributed by atoms with E-state index in [1.54, 1.807) is 12.1 Å². The molecule has 2 aromatic rings. The summed E-state index contributed by atoms with van der Waals surface area (Å²) in [4.78, 5) is 24.1. The van der Waals surface area contributed by atoms with Crippen molar-refractivity contribution in [2.75, 3.05) is 7.11 Å². The molecule has 23 heavy (non-hydrogen) atoms. The molecule has 0 radical (unpaired) electrons. The molecule has 3 nitrogen and oxygen atoms in total. The highest BCUT2D eigenvalue weighted by atomic mass is 79.9. The number of carbonyl (C=O) groups is 2. The minimum absolute atomic E-state index is 0.0737. The van der Waals surface area contributed by atoms with Crippen molar-refractivity contribution in [3.8, 4) is 0 Å². The smallest absolute Gasteiger partial charge is 0.337 e. The van der Waals surface area contributed by atoms with E-state index in [-0.39, 0.29) is 11.8 Å². The largest absolute Gasteiger partial charge is 0.465 e. The van der Waals surface area contributed by atoms with Gasteiger partial charge in [0, 0.05) is 15.6 Å². The highest BCUT2D eigenvalue weighted by molar-refractivity contribution is 9.10. The van der Waals surface area contributed by atoms with Crippen molar-refractivity contribution in [3.05, 3.63) is 74.8 Å². The normalized spacial score (nSPS) is 15.4. The molecule has 3 rings (SSSR count). The monoisotopic (exact) mass is 370 g/mol. The molecule has 2 aromatic carbocycles. The summed E-state index contributed by atoms with van der Waals surface area (Å²) < 4.78 is 5.59. The van der Waals surface area contributed by atoms with Gasteiger partial charge in [-0.2, -0.15) is 0 Å². The second kappa shape index (κ2) is 6.50. The van der Waals surface area contributed by atoms with Crippen LogP contribution in [0.5, 0.6) is 0 Å². The first-order valence-corrected chi connectivity index (χ1v) is 8.10. The summed E-state index contributed by atoms with van der Waals surface area (Å²) in [6.45, 7) is 0. The highest BCUT2D eigenvalue weighted by Gasteiger charge is 2.21. The summed E-state index contributed by atoms with van der Waals surface area (Å²) >= 11 is 3.42. The molecule has 0 aromatic heterocycles. The molecule has 0 amide bonds. The van der Waals surface area contributed by atoms with Gasteiger partial charge in [0.2, 0.25) is 0 Å². The molecule has 0 atom stereocenters. The molecule has 0 saturated carbocycles. The van der Waals surface area contributed by atoms with Crippen LogP contribution >= 0.6 is 15.9 Å². The second-order valence-electron chi connectivity index (χ2n) is 5.41. The Hall–Kier alpha value is -2.20. The number of ether oxygens (including phenoxy) is 1. The predicted octanol–water partition coefficient (Wildman–Crippen LogP) is 4.45. The molecule has 0 unspecified atom stereocenters. The average Bonchev–Trinajstić information content (AvgIpc) is 2.58. The number of ketones is 1. The summed E-state index contributed by atoms with van der Waals surface area (Å²) in [5.74, 6) is -0.290. The minimum atomic E-state index is -0.364. The fourth-order valence-corrected chi connectivity index (χ4v) is 3.07. The lowest BCUT2D eigenvalue weighted by Gasteiger charge is -2.17. The fourth-order valence-electron chi connectivity index (χ4n) is 2.71. The van der Waals surface area contributed by atoms with Gasteiger partial charge in [-0.3, -0.25) is 4.79 Å². The van der Waals surface area contributed by atoms with Gasteiger partial charge in [-0.15, -0.1) is 0 Å². The molecule has 1 aliphatic rings. The van der Waals surface area contributed by atoms with Gasteiger partial charge < -0.3 is 4.74 Å². The minimum Gasteiger partial charge on any atom is -0.465 e. The van der Waals surface area contributed by atoms with Gasteiger partial charge >= 0.3 is 5.97 Å². The number of rotatable bonds is 2. The maximum absolute atomic E-state index is 12.6. The van der Waals surface area contributed by atoms with E-state index in [0.29, 0.717) is 5.56 Å². The zero-order valence-electron chi connectivity index (χ0n) is 12.6.